The number of methoxy groups -OCH3 is 1. The van der Waals surface area contributed by atoms with Crippen molar-refractivity contribution in [3.63, 3.8) is 0 Å². The predicted molar refractivity (Wildman–Crippen MR) is 232 cm³/mol. The van der Waals surface area contributed by atoms with Crippen molar-refractivity contribution in [2.45, 2.75) is 46.7 Å². The van der Waals surface area contributed by atoms with Crippen LogP contribution in [0.25, 0.3) is 55.2 Å². The molecule has 8 aromatic rings. The van der Waals surface area contributed by atoms with Gasteiger partial charge in [0.1, 0.15) is 23.0 Å². The number of nitrogens with zero attached hydrogens (tertiary/aromatic N) is 4. The smallest absolute Gasteiger partial charge is 0.271 e. The van der Waals surface area contributed by atoms with E-state index in [-0.39, 0.29) is 35.7 Å². The van der Waals surface area contributed by atoms with Crippen LogP contribution < -0.4 is 15.4 Å². The molecule has 0 bridgehead atoms. The molecule has 59 heavy (non-hydrogen) atoms. The Morgan fingerprint density at radius 1 is 0.576 bits per heavy atom. The fourth-order valence-electron chi connectivity index (χ4n) is 7.45. The number of hydrogen-bond acceptors (Lipinski definition) is 7. The second kappa shape index (κ2) is 16.4. The fourth-order valence-corrected chi connectivity index (χ4v) is 7.45. The topological polar surface area (TPSA) is 151 Å². The van der Waals surface area contributed by atoms with Crippen molar-refractivity contribution in [1.29, 1.82) is 0 Å². The molecule has 4 aromatic carbocycles. The number of ether oxygens (including phenoxy) is 1. The zero-order chi connectivity index (χ0) is 41.2. The summed E-state index contributed by atoms with van der Waals surface area (Å²) >= 11 is 0. The Kier molecular flexibility index (Phi) is 10.7. The third-order valence-corrected chi connectivity index (χ3v) is 10.6. The highest BCUT2D eigenvalue weighted by atomic mass is 16.5. The standard InChI is InChI=1S/C48H46N8O3/c1-27(2)41(55-47(57)43-36-13-9-7-11-34(36)23-29(5)51-43)45-49-25-38(52-45)32-19-15-30(16-20-32)31-17-21-33(22-18-31)39-26-50-46(53-39)42(28(3)4)56-48(58)44-37-14-10-8-12-35(37)24-40(54-44)59-6/h7-28,41-42H,1-6H3,(H,49,52)(H,50,53)(H,55,57)(H,56,58)/t41-,42-/m0/s1. The van der Waals surface area contributed by atoms with Crippen LogP contribution in [0, 0.1) is 18.8 Å². The van der Waals surface area contributed by atoms with Gasteiger partial charge < -0.3 is 25.3 Å². The Hall–Kier alpha value is -7.14. The third kappa shape index (κ3) is 8.04. The van der Waals surface area contributed by atoms with Gasteiger partial charge in [-0.3, -0.25) is 9.59 Å². The van der Waals surface area contributed by atoms with E-state index in [2.05, 4.69) is 92.9 Å². The molecule has 11 nitrogen and oxygen atoms in total. The minimum Gasteiger partial charge on any atom is -0.481 e. The largest absolute Gasteiger partial charge is 0.481 e. The normalized spacial score (nSPS) is 12.5. The van der Waals surface area contributed by atoms with Crippen LogP contribution in [0.15, 0.2) is 122 Å². The summed E-state index contributed by atoms with van der Waals surface area (Å²) in [6.07, 6.45) is 3.61. The number of benzene rings is 4. The highest BCUT2D eigenvalue weighted by molar-refractivity contribution is 6.06. The summed E-state index contributed by atoms with van der Waals surface area (Å²) in [6, 6.07) is 35.1. The zero-order valence-electron chi connectivity index (χ0n) is 33.9. The quantitative estimate of drug-likeness (QED) is 0.0964. The molecule has 4 N–H and O–H groups in total. The first-order valence-electron chi connectivity index (χ1n) is 19.8. The first kappa shape index (κ1) is 38.7. The van der Waals surface area contributed by atoms with Crippen LogP contribution in [0.3, 0.4) is 0 Å². The average Bonchev–Trinajstić information content (AvgIpc) is 3.95. The molecule has 0 aliphatic heterocycles. The summed E-state index contributed by atoms with van der Waals surface area (Å²) in [7, 11) is 1.54. The molecule has 4 aromatic heterocycles. The maximum atomic E-state index is 13.6. The number of amides is 2. The average molecular weight is 783 g/mol. The maximum absolute atomic E-state index is 13.6. The summed E-state index contributed by atoms with van der Waals surface area (Å²) < 4.78 is 5.38. The van der Waals surface area contributed by atoms with Crippen molar-refractivity contribution in [3.05, 3.63) is 150 Å². The molecule has 8 rings (SSSR count). The number of hydrogen-bond donors (Lipinski definition) is 4. The number of carbonyl (C=O) groups excluding carboxylic acids is 2. The summed E-state index contributed by atoms with van der Waals surface area (Å²) in [5.41, 5.74) is 7.31. The van der Waals surface area contributed by atoms with E-state index < -0.39 is 0 Å². The van der Waals surface area contributed by atoms with Crippen molar-refractivity contribution < 1.29 is 14.3 Å². The van der Waals surface area contributed by atoms with Gasteiger partial charge in [-0.1, -0.05) is 125 Å². The van der Waals surface area contributed by atoms with Crippen LogP contribution in [0.2, 0.25) is 0 Å². The van der Waals surface area contributed by atoms with Crippen molar-refractivity contribution in [2.75, 3.05) is 7.11 Å². The first-order valence-corrected chi connectivity index (χ1v) is 19.8. The SMILES string of the molecule is COc1cc2ccccc2c(C(=O)N[C@H](c2ncc(-c3ccc(-c4ccc(-c5cnc([C@@H](NC(=O)c6nc(C)cc7ccccc67)C(C)C)[nH]5)cc4)cc3)[nH]2)C(C)C)n1. The second-order valence-electron chi connectivity index (χ2n) is 15.5. The fraction of sp³-hybridized carbons (Fsp3) is 0.208. The van der Waals surface area contributed by atoms with Gasteiger partial charge in [-0.15, -0.1) is 0 Å². The van der Waals surface area contributed by atoms with Gasteiger partial charge in [0, 0.05) is 22.5 Å². The molecule has 0 aliphatic rings. The molecule has 4 heterocycles. The molecular weight excluding hydrogens is 737 g/mol. The Morgan fingerprint density at radius 3 is 1.46 bits per heavy atom. The van der Waals surface area contributed by atoms with Gasteiger partial charge in [0.2, 0.25) is 5.88 Å². The number of rotatable bonds is 12. The van der Waals surface area contributed by atoms with E-state index in [0.29, 0.717) is 28.9 Å². The number of fused-ring (bicyclic) bond motifs is 2. The van der Waals surface area contributed by atoms with Gasteiger partial charge in [0.05, 0.1) is 43.0 Å². The Morgan fingerprint density at radius 2 is 1.00 bits per heavy atom. The third-order valence-electron chi connectivity index (χ3n) is 10.6. The van der Waals surface area contributed by atoms with Crippen LogP contribution in [0.5, 0.6) is 5.88 Å². The lowest BCUT2D eigenvalue weighted by molar-refractivity contribution is 0.0912. The van der Waals surface area contributed by atoms with Crippen LogP contribution in [0.1, 0.15) is 78.1 Å². The second-order valence-corrected chi connectivity index (χ2v) is 15.5. The van der Waals surface area contributed by atoms with Crippen LogP contribution in [-0.2, 0) is 0 Å². The van der Waals surface area contributed by atoms with Gasteiger partial charge >= 0.3 is 0 Å². The summed E-state index contributed by atoms with van der Waals surface area (Å²) in [4.78, 5) is 52.6. The van der Waals surface area contributed by atoms with Gasteiger partial charge in [0.25, 0.3) is 11.8 Å². The minimum atomic E-state index is -0.376. The van der Waals surface area contributed by atoms with E-state index in [1.807, 2.05) is 87.6 Å². The molecule has 0 saturated heterocycles. The summed E-state index contributed by atoms with van der Waals surface area (Å²) in [6.45, 7) is 10.1. The Balaban J connectivity index is 0.947. The molecule has 0 spiro atoms. The van der Waals surface area contributed by atoms with E-state index >= 15 is 0 Å². The minimum absolute atomic E-state index is 0.0497. The number of aromatic amines is 2. The molecule has 2 atom stereocenters. The van der Waals surface area contributed by atoms with Crippen molar-refractivity contribution in [1.82, 2.24) is 40.5 Å². The van der Waals surface area contributed by atoms with Gasteiger partial charge in [0.15, 0.2) is 0 Å². The molecular formula is C48H46N8O3. The molecule has 0 unspecified atom stereocenters. The van der Waals surface area contributed by atoms with E-state index in [4.69, 9.17) is 14.7 Å². The summed E-state index contributed by atoms with van der Waals surface area (Å²) in [5.74, 6) is 1.33. The number of imidazole rings is 2. The highest BCUT2D eigenvalue weighted by Gasteiger charge is 2.26. The number of aryl methyl sites for hydroxylation is 1. The van der Waals surface area contributed by atoms with Gasteiger partial charge in [-0.25, -0.2) is 19.9 Å². The Labute approximate surface area is 342 Å². The molecule has 11 heteroatoms. The van der Waals surface area contributed by atoms with E-state index in [1.54, 1.807) is 13.3 Å². The lowest BCUT2D eigenvalue weighted by atomic mass is 10.0. The van der Waals surface area contributed by atoms with Gasteiger partial charge in [-0.05, 0) is 57.9 Å². The predicted octanol–water partition coefficient (Wildman–Crippen LogP) is 9.80. The van der Waals surface area contributed by atoms with E-state index in [0.717, 1.165) is 60.9 Å². The zero-order valence-corrected chi connectivity index (χ0v) is 33.9. The number of nitrogens with one attached hydrogen (secondary N) is 4. The molecule has 0 aliphatic carbocycles. The molecule has 0 saturated carbocycles. The number of pyridine rings is 2. The lowest BCUT2D eigenvalue weighted by Crippen LogP contribution is -2.33. The van der Waals surface area contributed by atoms with Crippen LogP contribution in [-0.4, -0.2) is 48.8 Å². The molecule has 296 valence electrons. The highest BCUT2D eigenvalue weighted by Crippen LogP contribution is 2.30. The van der Waals surface area contributed by atoms with E-state index in [1.165, 1.54) is 0 Å². The number of H-pyrrole nitrogens is 2. The maximum Gasteiger partial charge on any atom is 0.271 e. The van der Waals surface area contributed by atoms with Crippen LogP contribution >= 0.6 is 0 Å². The van der Waals surface area contributed by atoms with Crippen molar-refractivity contribution in [2.24, 2.45) is 11.8 Å². The van der Waals surface area contributed by atoms with Gasteiger partial charge in [-0.2, -0.15) is 0 Å². The Bertz CT molecular complexity index is 2790. The molecule has 0 radical (unpaired) electrons. The van der Waals surface area contributed by atoms with Crippen LogP contribution in [0.4, 0.5) is 0 Å². The summed E-state index contributed by atoms with van der Waals surface area (Å²) in [5, 5.41) is 9.78. The monoisotopic (exact) mass is 782 g/mol. The lowest BCUT2D eigenvalue weighted by Gasteiger charge is -2.21. The number of aromatic nitrogens is 6. The first-order chi connectivity index (χ1) is 28.6. The molecule has 2 amide bonds. The number of carbonyl (C=O) groups is 2. The van der Waals surface area contributed by atoms with Crippen molar-refractivity contribution in [3.8, 4) is 39.5 Å². The molecule has 0 fully saturated rings. The van der Waals surface area contributed by atoms with E-state index in [9.17, 15) is 9.59 Å². The van der Waals surface area contributed by atoms with Crippen molar-refractivity contribution >= 4 is 33.4 Å².